The molecule has 0 aromatic carbocycles. The fourth-order valence-corrected chi connectivity index (χ4v) is 1.71. The molecule has 2 amide bonds. The number of carbonyl (C=O) groups excluding carboxylic acids is 1. The van der Waals surface area contributed by atoms with Crippen LogP contribution in [0.4, 0.5) is 4.79 Å². The van der Waals surface area contributed by atoms with Crippen molar-refractivity contribution in [3.8, 4) is 0 Å². The molecule has 6 nitrogen and oxygen atoms in total. The molecule has 0 aliphatic rings. The molecule has 0 heterocycles. The zero-order valence-electron chi connectivity index (χ0n) is 11.7. The molecular weight excluding hydrogens is 234 g/mol. The van der Waals surface area contributed by atoms with Crippen molar-refractivity contribution in [1.82, 2.24) is 15.5 Å². The van der Waals surface area contributed by atoms with E-state index in [9.17, 15) is 9.59 Å². The summed E-state index contributed by atoms with van der Waals surface area (Å²) in [7, 11) is 3.88. The number of likely N-dealkylation sites (N-methyl/N-ethyl adjacent to an activating group) is 1. The summed E-state index contributed by atoms with van der Waals surface area (Å²) >= 11 is 0. The highest BCUT2D eigenvalue weighted by molar-refractivity contribution is 5.74. The van der Waals surface area contributed by atoms with Gasteiger partial charge in [-0.15, -0.1) is 0 Å². The number of nitrogens with zero attached hydrogens (tertiary/aromatic N) is 1. The van der Waals surface area contributed by atoms with Gasteiger partial charge in [-0.25, -0.2) is 4.79 Å². The van der Waals surface area contributed by atoms with E-state index in [4.69, 9.17) is 5.11 Å². The van der Waals surface area contributed by atoms with Crippen LogP contribution >= 0.6 is 0 Å². The van der Waals surface area contributed by atoms with Crippen LogP contribution < -0.4 is 10.6 Å². The Morgan fingerprint density at radius 2 is 1.94 bits per heavy atom. The van der Waals surface area contributed by atoms with Gasteiger partial charge in [0.25, 0.3) is 0 Å². The highest BCUT2D eigenvalue weighted by Gasteiger charge is 2.13. The molecule has 18 heavy (non-hydrogen) atoms. The van der Waals surface area contributed by atoms with Crippen molar-refractivity contribution in [3.63, 3.8) is 0 Å². The number of aliphatic carboxylic acids is 1. The van der Waals surface area contributed by atoms with E-state index in [0.29, 0.717) is 6.54 Å². The topological polar surface area (TPSA) is 81.7 Å². The zero-order valence-corrected chi connectivity index (χ0v) is 11.7. The number of rotatable bonds is 8. The average Bonchev–Trinajstić information content (AvgIpc) is 2.22. The summed E-state index contributed by atoms with van der Waals surface area (Å²) in [5, 5.41) is 14.2. The Kier molecular flexibility index (Phi) is 8.11. The fraction of sp³-hybridized carbons (Fsp3) is 0.833. The molecule has 0 fully saturated rings. The van der Waals surface area contributed by atoms with E-state index in [-0.39, 0.29) is 24.4 Å². The van der Waals surface area contributed by atoms with Gasteiger partial charge in [-0.1, -0.05) is 13.3 Å². The molecule has 0 rings (SSSR count). The normalized spacial score (nSPS) is 14.1. The van der Waals surface area contributed by atoms with Crippen molar-refractivity contribution < 1.29 is 14.7 Å². The van der Waals surface area contributed by atoms with Gasteiger partial charge < -0.3 is 20.6 Å². The maximum Gasteiger partial charge on any atom is 0.315 e. The summed E-state index contributed by atoms with van der Waals surface area (Å²) in [5.74, 6) is -0.845. The minimum atomic E-state index is -0.829. The number of carboxylic acids is 1. The summed E-state index contributed by atoms with van der Waals surface area (Å²) in [4.78, 5) is 24.1. The fourth-order valence-electron chi connectivity index (χ4n) is 1.71. The zero-order chi connectivity index (χ0) is 14.1. The van der Waals surface area contributed by atoms with Gasteiger partial charge in [-0.2, -0.15) is 0 Å². The van der Waals surface area contributed by atoms with Crippen LogP contribution in [-0.2, 0) is 4.79 Å². The van der Waals surface area contributed by atoms with Gasteiger partial charge in [0.05, 0.1) is 0 Å². The number of carboxylic acid groups (broad SMARTS) is 1. The summed E-state index contributed by atoms with van der Waals surface area (Å²) in [6.45, 7) is 5.00. The monoisotopic (exact) mass is 259 g/mol. The Morgan fingerprint density at radius 1 is 1.33 bits per heavy atom. The van der Waals surface area contributed by atoms with Crippen LogP contribution in [0.3, 0.4) is 0 Å². The van der Waals surface area contributed by atoms with Crippen molar-refractivity contribution in [2.24, 2.45) is 5.92 Å². The van der Waals surface area contributed by atoms with E-state index in [2.05, 4.69) is 10.6 Å². The van der Waals surface area contributed by atoms with E-state index in [1.54, 1.807) is 0 Å². The van der Waals surface area contributed by atoms with Gasteiger partial charge in [0.1, 0.15) is 0 Å². The van der Waals surface area contributed by atoms with Gasteiger partial charge in [0, 0.05) is 25.6 Å². The highest BCUT2D eigenvalue weighted by atomic mass is 16.4. The third kappa shape index (κ3) is 8.81. The molecule has 0 saturated carbocycles. The van der Waals surface area contributed by atoms with Crippen LogP contribution in [-0.4, -0.2) is 55.2 Å². The van der Waals surface area contributed by atoms with Crippen LogP contribution in [0.2, 0.25) is 0 Å². The number of hydrogen-bond donors (Lipinski definition) is 3. The predicted molar refractivity (Wildman–Crippen MR) is 70.6 cm³/mol. The lowest BCUT2D eigenvalue weighted by Gasteiger charge is -2.19. The van der Waals surface area contributed by atoms with E-state index < -0.39 is 5.97 Å². The molecule has 2 unspecified atom stereocenters. The van der Waals surface area contributed by atoms with Crippen molar-refractivity contribution in [2.45, 2.75) is 32.7 Å². The molecule has 0 aromatic heterocycles. The molecule has 0 bridgehead atoms. The summed E-state index contributed by atoms with van der Waals surface area (Å²) in [6.07, 6.45) is 0.823. The van der Waals surface area contributed by atoms with Crippen LogP contribution in [0.25, 0.3) is 0 Å². The molecule has 0 saturated heterocycles. The minimum absolute atomic E-state index is 0.0163. The maximum atomic E-state index is 11.6. The third-order valence-corrected chi connectivity index (χ3v) is 2.61. The van der Waals surface area contributed by atoms with Gasteiger partial charge >= 0.3 is 12.0 Å². The van der Waals surface area contributed by atoms with E-state index in [0.717, 1.165) is 13.0 Å². The first-order valence-corrected chi connectivity index (χ1v) is 6.26. The molecule has 0 spiro atoms. The SMILES string of the molecule is CCC(CNC(=O)NC(C)CN(C)C)CC(=O)O. The smallest absolute Gasteiger partial charge is 0.315 e. The Hall–Kier alpha value is -1.30. The molecule has 0 aliphatic heterocycles. The quantitative estimate of drug-likeness (QED) is 0.600. The van der Waals surface area contributed by atoms with Crippen LogP contribution in [0, 0.1) is 5.92 Å². The number of hydrogen-bond acceptors (Lipinski definition) is 3. The van der Waals surface area contributed by atoms with Gasteiger partial charge in [0.15, 0.2) is 0 Å². The first-order chi connectivity index (χ1) is 8.35. The number of carbonyl (C=O) groups is 2. The lowest BCUT2D eigenvalue weighted by molar-refractivity contribution is -0.138. The summed E-state index contributed by atoms with van der Waals surface area (Å²) < 4.78 is 0. The second-order valence-corrected chi connectivity index (χ2v) is 4.89. The summed E-state index contributed by atoms with van der Waals surface area (Å²) in [5.41, 5.74) is 0. The van der Waals surface area contributed by atoms with Gasteiger partial charge in [-0.3, -0.25) is 4.79 Å². The number of nitrogens with one attached hydrogen (secondary N) is 2. The molecule has 2 atom stereocenters. The highest BCUT2D eigenvalue weighted by Crippen LogP contribution is 2.06. The van der Waals surface area contributed by atoms with Gasteiger partial charge in [-0.05, 0) is 26.9 Å². The largest absolute Gasteiger partial charge is 0.481 e. The second kappa shape index (κ2) is 8.74. The number of urea groups is 1. The summed E-state index contributed by atoms with van der Waals surface area (Å²) in [6, 6.07) is -0.187. The Balaban J connectivity index is 3.90. The van der Waals surface area contributed by atoms with Crippen LogP contribution in [0.15, 0.2) is 0 Å². The van der Waals surface area contributed by atoms with Gasteiger partial charge in [0.2, 0.25) is 0 Å². The molecule has 0 radical (unpaired) electrons. The lowest BCUT2D eigenvalue weighted by atomic mass is 10.0. The maximum absolute atomic E-state index is 11.6. The Morgan fingerprint density at radius 3 is 2.39 bits per heavy atom. The molecule has 6 heteroatoms. The van der Waals surface area contributed by atoms with E-state index >= 15 is 0 Å². The molecule has 0 aromatic rings. The van der Waals surface area contributed by atoms with Crippen molar-refractivity contribution in [1.29, 1.82) is 0 Å². The average molecular weight is 259 g/mol. The first-order valence-electron chi connectivity index (χ1n) is 6.26. The van der Waals surface area contributed by atoms with Crippen LogP contribution in [0.5, 0.6) is 0 Å². The van der Waals surface area contributed by atoms with Crippen LogP contribution in [0.1, 0.15) is 26.7 Å². The number of amides is 2. The van der Waals surface area contributed by atoms with Crippen molar-refractivity contribution >= 4 is 12.0 Å². The third-order valence-electron chi connectivity index (χ3n) is 2.61. The Labute approximate surface area is 109 Å². The Bertz CT molecular complexity index is 269. The van der Waals surface area contributed by atoms with Crippen molar-refractivity contribution in [2.75, 3.05) is 27.2 Å². The van der Waals surface area contributed by atoms with Crippen molar-refractivity contribution in [3.05, 3.63) is 0 Å². The predicted octanol–water partition coefficient (Wildman–Crippen LogP) is 0.737. The minimum Gasteiger partial charge on any atom is -0.481 e. The first kappa shape index (κ1) is 16.7. The molecular formula is C12H25N3O3. The molecule has 106 valence electrons. The molecule has 3 N–H and O–H groups in total. The van der Waals surface area contributed by atoms with E-state index in [1.807, 2.05) is 32.8 Å². The lowest BCUT2D eigenvalue weighted by Crippen LogP contribution is -2.46. The second-order valence-electron chi connectivity index (χ2n) is 4.89. The van der Waals surface area contributed by atoms with E-state index in [1.165, 1.54) is 0 Å². The standard InChI is InChI=1S/C12H25N3O3/c1-5-10(6-11(16)17)7-13-12(18)14-9(2)8-15(3)4/h9-10H,5-8H2,1-4H3,(H,16,17)(H2,13,14,18). The molecule has 0 aliphatic carbocycles.